The van der Waals surface area contributed by atoms with Crippen LogP contribution in [0.1, 0.15) is 17.3 Å². The van der Waals surface area contributed by atoms with E-state index in [2.05, 4.69) is 15.2 Å². The Hall–Kier alpha value is -2.80. The first-order valence-electron chi connectivity index (χ1n) is 7.07. The Morgan fingerprint density at radius 2 is 1.91 bits per heavy atom. The molecule has 0 amide bonds. The second-order valence-corrected chi connectivity index (χ2v) is 5.98. The second-order valence-electron chi connectivity index (χ2n) is 5.06. The molecule has 23 heavy (non-hydrogen) atoms. The Labute approximate surface area is 135 Å². The summed E-state index contributed by atoms with van der Waals surface area (Å²) in [5.41, 5.74) is 1.72. The fourth-order valence-corrected chi connectivity index (χ4v) is 3.12. The van der Waals surface area contributed by atoms with E-state index in [0.717, 1.165) is 5.56 Å². The second kappa shape index (κ2) is 5.77. The molecule has 7 heteroatoms. The van der Waals surface area contributed by atoms with Crippen LogP contribution in [-0.4, -0.2) is 19.7 Å². The maximum absolute atomic E-state index is 12.3. The van der Waals surface area contributed by atoms with Crippen LogP contribution < -0.4 is 5.56 Å². The minimum atomic E-state index is -0.0900. The standard InChI is InChI=1S/C16H12N4O2S/c21-16-15-12(6-7-23-15)17-10-20(16)9-14-19-18-13(22-14)8-11-4-2-1-3-5-11/h1-7,10H,8-9H2. The first-order chi connectivity index (χ1) is 11.3. The highest BCUT2D eigenvalue weighted by molar-refractivity contribution is 7.17. The van der Waals surface area contributed by atoms with Crippen LogP contribution in [0.5, 0.6) is 0 Å². The lowest BCUT2D eigenvalue weighted by molar-refractivity contribution is 0.442. The third-order valence-corrected chi connectivity index (χ3v) is 4.34. The summed E-state index contributed by atoms with van der Waals surface area (Å²) in [6.07, 6.45) is 2.09. The number of nitrogens with zero attached hydrogens (tertiary/aromatic N) is 4. The molecule has 4 rings (SSSR count). The van der Waals surface area contributed by atoms with Gasteiger partial charge in [0.15, 0.2) is 0 Å². The van der Waals surface area contributed by atoms with Crippen molar-refractivity contribution in [2.24, 2.45) is 0 Å². The molecule has 0 fully saturated rings. The summed E-state index contributed by atoms with van der Waals surface area (Å²) < 4.78 is 7.75. The smallest absolute Gasteiger partial charge is 0.271 e. The third-order valence-electron chi connectivity index (χ3n) is 3.45. The van der Waals surface area contributed by atoms with Crippen LogP contribution in [0.3, 0.4) is 0 Å². The van der Waals surface area contributed by atoms with Gasteiger partial charge in [0, 0.05) is 0 Å². The highest BCUT2D eigenvalue weighted by atomic mass is 32.1. The predicted octanol–water partition coefficient (Wildman–Crippen LogP) is 2.48. The first-order valence-corrected chi connectivity index (χ1v) is 7.95. The van der Waals surface area contributed by atoms with Crippen molar-refractivity contribution < 1.29 is 4.42 Å². The molecular weight excluding hydrogens is 312 g/mol. The van der Waals surface area contributed by atoms with E-state index >= 15 is 0 Å². The maximum atomic E-state index is 12.3. The number of rotatable bonds is 4. The van der Waals surface area contributed by atoms with Gasteiger partial charge in [0.25, 0.3) is 5.56 Å². The van der Waals surface area contributed by atoms with Gasteiger partial charge in [-0.1, -0.05) is 30.3 Å². The molecule has 0 aliphatic rings. The molecule has 0 aliphatic carbocycles. The van der Waals surface area contributed by atoms with Crippen LogP contribution >= 0.6 is 11.3 Å². The lowest BCUT2D eigenvalue weighted by Crippen LogP contribution is -2.20. The Morgan fingerprint density at radius 3 is 2.78 bits per heavy atom. The summed E-state index contributed by atoms with van der Waals surface area (Å²) in [7, 11) is 0. The van der Waals surface area contributed by atoms with Crippen LogP contribution in [0.25, 0.3) is 10.2 Å². The highest BCUT2D eigenvalue weighted by Crippen LogP contribution is 2.14. The van der Waals surface area contributed by atoms with Crippen molar-refractivity contribution in [3.8, 4) is 0 Å². The molecule has 0 saturated carbocycles. The van der Waals surface area contributed by atoms with Gasteiger partial charge in [0.05, 0.1) is 18.3 Å². The number of hydrogen-bond donors (Lipinski definition) is 0. The summed E-state index contributed by atoms with van der Waals surface area (Å²) in [6, 6.07) is 11.7. The molecule has 0 radical (unpaired) electrons. The average molecular weight is 324 g/mol. The van der Waals surface area contributed by atoms with Crippen LogP contribution in [0.15, 0.2) is 57.3 Å². The zero-order valence-electron chi connectivity index (χ0n) is 12.0. The van der Waals surface area contributed by atoms with E-state index < -0.39 is 0 Å². The molecular formula is C16H12N4O2S. The SMILES string of the molecule is O=c1c2sccc2ncn1Cc1nnc(Cc2ccccc2)o1. The zero-order chi connectivity index (χ0) is 15.6. The molecule has 0 aliphatic heterocycles. The molecule has 1 aromatic carbocycles. The molecule has 0 spiro atoms. The Kier molecular flexibility index (Phi) is 3.47. The van der Waals surface area contributed by atoms with E-state index in [0.29, 0.717) is 28.4 Å². The molecule has 0 bridgehead atoms. The van der Waals surface area contributed by atoms with Crippen molar-refractivity contribution in [1.82, 2.24) is 19.7 Å². The van der Waals surface area contributed by atoms with Crippen LogP contribution in [0.4, 0.5) is 0 Å². The van der Waals surface area contributed by atoms with Gasteiger partial charge in [0.1, 0.15) is 11.2 Å². The van der Waals surface area contributed by atoms with Crippen molar-refractivity contribution in [3.63, 3.8) is 0 Å². The van der Waals surface area contributed by atoms with E-state index in [9.17, 15) is 4.79 Å². The van der Waals surface area contributed by atoms with Crippen molar-refractivity contribution >= 4 is 21.6 Å². The molecule has 0 N–H and O–H groups in total. The maximum Gasteiger partial charge on any atom is 0.271 e. The van der Waals surface area contributed by atoms with Gasteiger partial charge in [0.2, 0.25) is 11.8 Å². The number of thiophene rings is 1. The summed E-state index contributed by atoms with van der Waals surface area (Å²) in [6.45, 7) is 0.224. The van der Waals surface area contributed by atoms with Gasteiger partial charge in [-0.2, -0.15) is 0 Å². The Bertz CT molecular complexity index is 1000. The monoisotopic (exact) mass is 324 g/mol. The molecule has 3 aromatic heterocycles. The van der Waals surface area contributed by atoms with E-state index in [1.165, 1.54) is 22.2 Å². The van der Waals surface area contributed by atoms with Gasteiger partial charge in [-0.15, -0.1) is 21.5 Å². The number of hydrogen-bond acceptors (Lipinski definition) is 6. The topological polar surface area (TPSA) is 73.8 Å². The molecule has 0 unspecified atom stereocenters. The zero-order valence-corrected chi connectivity index (χ0v) is 12.9. The molecule has 3 heterocycles. The Balaban J connectivity index is 1.57. The molecule has 0 atom stereocenters. The fraction of sp³-hybridized carbons (Fsp3) is 0.125. The fourth-order valence-electron chi connectivity index (χ4n) is 2.33. The largest absolute Gasteiger partial charge is 0.423 e. The number of fused-ring (bicyclic) bond motifs is 1. The molecule has 114 valence electrons. The summed E-state index contributed by atoms with van der Waals surface area (Å²) in [4.78, 5) is 16.6. The lowest BCUT2D eigenvalue weighted by Gasteiger charge is -2.01. The summed E-state index contributed by atoms with van der Waals surface area (Å²) in [5.74, 6) is 0.931. The quantitative estimate of drug-likeness (QED) is 0.576. The minimum Gasteiger partial charge on any atom is -0.423 e. The van der Waals surface area contributed by atoms with Crippen LogP contribution in [0, 0.1) is 0 Å². The average Bonchev–Trinajstić information content (AvgIpc) is 3.21. The van der Waals surface area contributed by atoms with E-state index in [4.69, 9.17) is 4.42 Å². The van der Waals surface area contributed by atoms with E-state index in [-0.39, 0.29) is 12.1 Å². The minimum absolute atomic E-state index is 0.0900. The number of aromatic nitrogens is 4. The van der Waals surface area contributed by atoms with Gasteiger partial charge in [-0.05, 0) is 17.0 Å². The van der Waals surface area contributed by atoms with Crippen LogP contribution in [-0.2, 0) is 13.0 Å². The third kappa shape index (κ3) is 2.78. The Morgan fingerprint density at radius 1 is 1.09 bits per heavy atom. The lowest BCUT2D eigenvalue weighted by atomic mass is 10.2. The molecule has 0 saturated heterocycles. The van der Waals surface area contributed by atoms with Crippen molar-refractivity contribution in [2.45, 2.75) is 13.0 Å². The molecule has 6 nitrogen and oxygen atoms in total. The predicted molar refractivity (Wildman–Crippen MR) is 86.5 cm³/mol. The van der Waals surface area contributed by atoms with E-state index in [1.807, 2.05) is 41.8 Å². The number of benzene rings is 1. The highest BCUT2D eigenvalue weighted by Gasteiger charge is 2.10. The van der Waals surface area contributed by atoms with Gasteiger partial charge >= 0.3 is 0 Å². The van der Waals surface area contributed by atoms with Gasteiger partial charge in [-0.3, -0.25) is 9.36 Å². The van der Waals surface area contributed by atoms with Crippen molar-refractivity contribution in [1.29, 1.82) is 0 Å². The summed E-state index contributed by atoms with van der Waals surface area (Å²) in [5, 5.41) is 9.91. The van der Waals surface area contributed by atoms with Crippen LogP contribution in [0.2, 0.25) is 0 Å². The molecule has 4 aromatic rings. The normalized spacial score (nSPS) is 11.1. The summed E-state index contributed by atoms with van der Waals surface area (Å²) >= 11 is 1.38. The van der Waals surface area contributed by atoms with E-state index in [1.54, 1.807) is 0 Å². The van der Waals surface area contributed by atoms with Crippen molar-refractivity contribution in [3.05, 3.63) is 75.8 Å². The van der Waals surface area contributed by atoms with Crippen molar-refractivity contribution in [2.75, 3.05) is 0 Å². The first kappa shape index (κ1) is 13.8. The van der Waals surface area contributed by atoms with Gasteiger partial charge < -0.3 is 4.42 Å². The van der Waals surface area contributed by atoms with Gasteiger partial charge in [-0.25, -0.2) is 4.98 Å².